The van der Waals surface area contributed by atoms with E-state index in [0.29, 0.717) is 5.56 Å². The third kappa shape index (κ3) is 1.69. The summed E-state index contributed by atoms with van der Waals surface area (Å²) in [6, 6.07) is 4.25. The Balaban J connectivity index is 1.77. The van der Waals surface area contributed by atoms with Crippen LogP contribution in [-0.4, -0.2) is 40.2 Å². The van der Waals surface area contributed by atoms with Crippen molar-refractivity contribution in [1.29, 1.82) is 0 Å². The predicted molar refractivity (Wildman–Crippen MR) is 81.1 cm³/mol. The number of aliphatic hydroxyl groups excluding tert-OH is 1. The minimum atomic E-state index is -1.17. The molecule has 2 saturated heterocycles. The molecule has 0 unspecified atom stereocenters. The van der Waals surface area contributed by atoms with Crippen LogP contribution in [0, 0.1) is 28.9 Å². The largest absolute Gasteiger partial charge is 0.393 e. The summed E-state index contributed by atoms with van der Waals surface area (Å²) in [5, 5.41) is 20.8. The Kier molecular flexibility index (Phi) is 2.94. The van der Waals surface area contributed by atoms with Crippen molar-refractivity contribution in [3.05, 3.63) is 46.0 Å². The van der Waals surface area contributed by atoms with Gasteiger partial charge in [0.15, 0.2) is 0 Å². The van der Waals surface area contributed by atoms with Crippen molar-refractivity contribution in [2.75, 3.05) is 11.5 Å². The molecule has 3 aliphatic heterocycles. The third-order valence-corrected chi connectivity index (χ3v) is 5.05. The molecule has 8 heteroatoms. The van der Waals surface area contributed by atoms with E-state index in [0.717, 1.165) is 4.90 Å². The number of nitro groups is 1. The lowest BCUT2D eigenvalue weighted by Gasteiger charge is -2.26. The van der Waals surface area contributed by atoms with Crippen LogP contribution in [0.3, 0.4) is 0 Å². The lowest BCUT2D eigenvalue weighted by atomic mass is 9.77. The summed E-state index contributed by atoms with van der Waals surface area (Å²) < 4.78 is 5.64. The molecule has 4 atom stereocenters. The second-order valence-corrected chi connectivity index (χ2v) is 6.30. The van der Waals surface area contributed by atoms with E-state index in [1.807, 2.05) is 0 Å². The lowest BCUT2D eigenvalue weighted by molar-refractivity contribution is -0.385. The number of hydrogen-bond acceptors (Lipinski definition) is 6. The predicted octanol–water partition coefficient (Wildman–Crippen LogP) is 0.709. The van der Waals surface area contributed by atoms with Gasteiger partial charge in [0.05, 0.1) is 35.2 Å². The van der Waals surface area contributed by atoms with Gasteiger partial charge in [-0.25, -0.2) is 4.90 Å². The number of aliphatic hydroxyl groups is 1. The number of ether oxygens (including phenoxy) is 1. The maximum atomic E-state index is 12.8. The zero-order chi connectivity index (χ0) is 17.2. The van der Waals surface area contributed by atoms with Gasteiger partial charge in [0, 0.05) is 11.6 Å². The highest BCUT2D eigenvalue weighted by Crippen LogP contribution is 2.52. The summed E-state index contributed by atoms with van der Waals surface area (Å²) in [4.78, 5) is 37.1. The SMILES string of the molecule is Cc1ccc(N2C(=O)[C@H]3[C@@H]4C=C[C@](CO)(O4)[C@H]3C2=O)cc1[N+](=O)[O-]. The molecular weight excluding hydrogens is 316 g/mol. The Hall–Kier alpha value is -2.58. The van der Waals surface area contributed by atoms with Crippen LogP contribution in [0.2, 0.25) is 0 Å². The van der Waals surface area contributed by atoms with Crippen LogP contribution in [0.4, 0.5) is 11.4 Å². The highest BCUT2D eigenvalue weighted by atomic mass is 16.6. The highest BCUT2D eigenvalue weighted by molar-refractivity contribution is 6.23. The van der Waals surface area contributed by atoms with E-state index in [2.05, 4.69) is 0 Å². The standard InChI is InChI=1S/C16H14N2O6/c1-8-2-3-9(6-10(8)18(22)23)17-14(20)12-11-4-5-16(7-19,24-11)13(12)15(17)21/h2-6,11-13,19H,7H2,1H3/t11-,12-,13+,16+/m0/s1. The van der Waals surface area contributed by atoms with Crippen LogP contribution >= 0.6 is 0 Å². The lowest BCUT2D eigenvalue weighted by Crippen LogP contribution is -2.43. The Morgan fingerprint density at radius 1 is 1.38 bits per heavy atom. The summed E-state index contributed by atoms with van der Waals surface area (Å²) in [5.41, 5.74) is -0.712. The van der Waals surface area contributed by atoms with Crippen molar-refractivity contribution in [3.63, 3.8) is 0 Å². The molecule has 1 aromatic carbocycles. The summed E-state index contributed by atoms with van der Waals surface area (Å²) >= 11 is 0. The maximum absolute atomic E-state index is 12.8. The van der Waals surface area contributed by atoms with Crippen LogP contribution in [0.15, 0.2) is 30.4 Å². The number of fused-ring (bicyclic) bond motifs is 5. The molecule has 1 N–H and O–H groups in total. The Morgan fingerprint density at radius 2 is 2.12 bits per heavy atom. The smallest absolute Gasteiger partial charge is 0.274 e. The van der Waals surface area contributed by atoms with E-state index in [1.54, 1.807) is 19.1 Å². The van der Waals surface area contributed by atoms with E-state index in [1.165, 1.54) is 18.2 Å². The minimum Gasteiger partial charge on any atom is -0.393 e. The van der Waals surface area contributed by atoms with Crippen molar-refractivity contribution in [3.8, 4) is 0 Å². The number of benzene rings is 1. The first-order valence-corrected chi connectivity index (χ1v) is 7.50. The van der Waals surface area contributed by atoms with Crippen LogP contribution in [0.5, 0.6) is 0 Å². The van der Waals surface area contributed by atoms with Crippen LogP contribution in [-0.2, 0) is 14.3 Å². The van der Waals surface area contributed by atoms with Crippen LogP contribution in [0.1, 0.15) is 5.56 Å². The molecule has 8 nitrogen and oxygen atoms in total. The molecule has 0 aromatic heterocycles. The number of anilines is 1. The highest BCUT2D eigenvalue weighted by Gasteiger charge is 2.67. The van der Waals surface area contributed by atoms with E-state index >= 15 is 0 Å². The molecule has 2 amide bonds. The Morgan fingerprint density at radius 3 is 2.79 bits per heavy atom. The molecule has 0 radical (unpaired) electrons. The topological polar surface area (TPSA) is 110 Å². The van der Waals surface area contributed by atoms with Gasteiger partial charge < -0.3 is 9.84 Å². The Bertz CT molecular complexity index is 819. The molecule has 4 rings (SSSR count). The number of amides is 2. The minimum absolute atomic E-state index is 0.153. The molecule has 24 heavy (non-hydrogen) atoms. The van der Waals surface area contributed by atoms with Crippen molar-refractivity contribution < 1.29 is 24.4 Å². The summed E-state index contributed by atoms with van der Waals surface area (Å²) in [6.07, 6.45) is 2.76. The maximum Gasteiger partial charge on any atom is 0.274 e. The van der Waals surface area contributed by atoms with Gasteiger partial charge in [-0.3, -0.25) is 19.7 Å². The molecule has 2 bridgehead atoms. The normalized spacial score (nSPS) is 33.4. The number of rotatable bonds is 3. The van der Waals surface area contributed by atoms with Crippen molar-refractivity contribution in [1.82, 2.24) is 0 Å². The molecular formula is C16H14N2O6. The summed E-state index contributed by atoms with van der Waals surface area (Å²) in [5.74, 6) is -2.45. The van der Waals surface area contributed by atoms with Crippen LogP contribution in [0.25, 0.3) is 0 Å². The van der Waals surface area contributed by atoms with Gasteiger partial charge >= 0.3 is 0 Å². The molecule has 3 heterocycles. The average molecular weight is 330 g/mol. The fourth-order valence-corrected chi connectivity index (χ4v) is 3.87. The van der Waals surface area contributed by atoms with Crippen molar-refractivity contribution in [2.45, 2.75) is 18.6 Å². The number of imide groups is 1. The monoisotopic (exact) mass is 330 g/mol. The number of hydrogen-bond donors (Lipinski definition) is 1. The second-order valence-electron chi connectivity index (χ2n) is 6.30. The molecule has 0 spiro atoms. The van der Waals surface area contributed by atoms with E-state index in [9.17, 15) is 24.8 Å². The number of aryl methyl sites for hydroxylation is 1. The van der Waals surface area contributed by atoms with Gasteiger partial charge in [0.1, 0.15) is 5.60 Å². The fourth-order valence-electron chi connectivity index (χ4n) is 3.87. The molecule has 0 saturated carbocycles. The first-order valence-electron chi connectivity index (χ1n) is 7.50. The molecule has 0 aliphatic carbocycles. The van der Waals surface area contributed by atoms with Gasteiger partial charge in [0.25, 0.3) is 5.69 Å². The zero-order valence-electron chi connectivity index (χ0n) is 12.7. The number of carbonyl (C=O) groups excluding carboxylic acids is 2. The van der Waals surface area contributed by atoms with Crippen molar-refractivity contribution >= 4 is 23.2 Å². The average Bonchev–Trinajstić information content (AvgIpc) is 3.19. The van der Waals surface area contributed by atoms with E-state index < -0.39 is 46.9 Å². The van der Waals surface area contributed by atoms with Crippen LogP contribution < -0.4 is 4.90 Å². The van der Waals surface area contributed by atoms with Gasteiger partial charge in [-0.15, -0.1) is 0 Å². The van der Waals surface area contributed by atoms with E-state index in [4.69, 9.17) is 4.74 Å². The third-order valence-electron chi connectivity index (χ3n) is 5.05. The van der Waals surface area contributed by atoms with Gasteiger partial charge in [-0.1, -0.05) is 18.2 Å². The number of nitro benzene ring substituents is 1. The Labute approximate surface area is 136 Å². The zero-order valence-corrected chi connectivity index (χ0v) is 12.7. The quantitative estimate of drug-likeness (QED) is 0.378. The first-order chi connectivity index (χ1) is 11.4. The molecule has 124 valence electrons. The van der Waals surface area contributed by atoms with E-state index in [-0.39, 0.29) is 11.4 Å². The van der Waals surface area contributed by atoms with Gasteiger partial charge in [-0.2, -0.15) is 0 Å². The number of carbonyl (C=O) groups is 2. The number of nitrogens with zero attached hydrogens (tertiary/aromatic N) is 2. The van der Waals surface area contributed by atoms with Crippen molar-refractivity contribution in [2.24, 2.45) is 11.8 Å². The second kappa shape index (κ2) is 4.71. The van der Waals surface area contributed by atoms with Gasteiger partial charge in [-0.05, 0) is 13.0 Å². The summed E-state index contributed by atoms with van der Waals surface area (Å²) in [6.45, 7) is 1.19. The van der Waals surface area contributed by atoms with Gasteiger partial charge in [0.2, 0.25) is 11.8 Å². The molecule has 1 aromatic rings. The molecule has 2 fully saturated rings. The summed E-state index contributed by atoms with van der Waals surface area (Å²) in [7, 11) is 0. The fraction of sp³-hybridized carbons (Fsp3) is 0.375. The molecule has 3 aliphatic rings. The first kappa shape index (κ1) is 15.0.